The summed E-state index contributed by atoms with van der Waals surface area (Å²) < 4.78 is 17.6. The van der Waals surface area contributed by atoms with E-state index in [1.807, 2.05) is 0 Å². The molecule has 5 aliphatic heterocycles. The van der Waals surface area contributed by atoms with Gasteiger partial charge in [0.1, 0.15) is 5.76 Å². The van der Waals surface area contributed by atoms with Crippen molar-refractivity contribution in [3.8, 4) is 0 Å². The Hall–Kier alpha value is -1.79. The van der Waals surface area contributed by atoms with E-state index in [1.54, 1.807) is 14.0 Å². The first-order valence-electron chi connectivity index (χ1n) is 12.9. The van der Waals surface area contributed by atoms with E-state index < -0.39 is 0 Å². The van der Waals surface area contributed by atoms with Gasteiger partial charge < -0.3 is 19.3 Å². The van der Waals surface area contributed by atoms with Crippen LogP contribution >= 0.6 is 0 Å². The van der Waals surface area contributed by atoms with E-state index in [1.165, 1.54) is 12.8 Å². The molecule has 0 aromatic heterocycles. The number of allylic oxidation sites excluding steroid dienone is 1. The first kappa shape index (κ1) is 23.0. The Labute approximate surface area is 197 Å². The molecule has 5 aliphatic rings. The van der Waals surface area contributed by atoms with Crippen molar-refractivity contribution in [2.75, 3.05) is 7.11 Å². The molecule has 6 nitrogen and oxygen atoms in total. The van der Waals surface area contributed by atoms with Crippen LogP contribution < -0.4 is 0 Å². The average molecular weight is 458 g/mol. The Bertz CT molecular complexity index is 902. The van der Waals surface area contributed by atoms with E-state index in [0.29, 0.717) is 46.8 Å². The number of fused-ring (bicyclic) bond motifs is 3. The second-order valence-electron chi connectivity index (χ2n) is 11.1. The molecule has 1 N–H and O–H groups in total. The second kappa shape index (κ2) is 8.77. The summed E-state index contributed by atoms with van der Waals surface area (Å²) >= 11 is 0. The molecule has 0 saturated carbocycles. The van der Waals surface area contributed by atoms with Crippen molar-refractivity contribution in [2.24, 2.45) is 23.7 Å². The maximum atomic E-state index is 12.2. The molecule has 0 aromatic rings. The fraction of sp³-hybridized carbons (Fsp3) is 0.741. The lowest BCUT2D eigenvalue weighted by Gasteiger charge is -2.56. The number of nitrogens with zero attached hydrogens (tertiary/aromatic N) is 1. The van der Waals surface area contributed by atoms with Crippen LogP contribution in [0.2, 0.25) is 0 Å². The molecule has 5 heterocycles. The monoisotopic (exact) mass is 457 g/mol. The van der Waals surface area contributed by atoms with Crippen LogP contribution in [0.1, 0.15) is 72.6 Å². The van der Waals surface area contributed by atoms with Crippen LogP contribution in [0.15, 0.2) is 34.7 Å². The van der Waals surface area contributed by atoms with Crippen molar-refractivity contribution in [2.45, 2.75) is 96.9 Å². The summed E-state index contributed by atoms with van der Waals surface area (Å²) in [6.45, 7) is 8.38. The van der Waals surface area contributed by atoms with Gasteiger partial charge in [0.2, 0.25) is 5.76 Å². The third-order valence-electron chi connectivity index (χ3n) is 8.76. The van der Waals surface area contributed by atoms with Crippen molar-refractivity contribution < 1.29 is 24.1 Å². The molecule has 2 bridgehead atoms. The highest BCUT2D eigenvalue weighted by Gasteiger charge is 2.54. The van der Waals surface area contributed by atoms with E-state index in [2.05, 4.69) is 31.7 Å². The molecular formula is C27H39NO5. The van der Waals surface area contributed by atoms with Gasteiger partial charge in [-0.25, -0.2) is 4.79 Å². The van der Waals surface area contributed by atoms with Crippen molar-refractivity contribution >= 4 is 5.97 Å². The number of hydrogen-bond acceptors (Lipinski definition) is 6. The first-order valence-corrected chi connectivity index (χ1v) is 12.9. The van der Waals surface area contributed by atoms with Crippen LogP contribution in [0, 0.1) is 23.7 Å². The first-order chi connectivity index (χ1) is 15.8. The number of carbonyl (C=O) groups is 1. The Balaban J connectivity index is 1.48. The Morgan fingerprint density at radius 3 is 2.67 bits per heavy atom. The highest BCUT2D eigenvalue weighted by atomic mass is 16.6. The lowest BCUT2D eigenvalue weighted by Crippen LogP contribution is -2.63. The fourth-order valence-electron chi connectivity index (χ4n) is 7.14. The number of hydrogen-bond donors (Lipinski definition) is 1. The zero-order valence-corrected chi connectivity index (χ0v) is 20.7. The maximum absolute atomic E-state index is 12.2. The van der Waals surface area contributed by atoms with Crippen LogP contribution in [-0.2, 0) is 19.0 Å². The van der Waals surface area contributed by atoms with Gasteiger partial charge in [0.25, 0.3) is 0 Å². The second-order valence-corrected chi connectivity index (χ2v) is 11.1. The smallest absolute Gasteiger partial charge is 0.343 e. The van der Waals surface area contributed by atoms with Gasteiger partial charge in [-0.2, -0.15) is 0 Å². The number of ether oxygens (including phenoxy) is 3. The minimum absolute atomic E-state index is 0.0748. The summed E-state index contributed by atoms with van der Waals surface area (Å²) in [6, 6.07) is 1.04. The predicted molar refractivity (Wildman–Crippen MR) is 125 cm³/mol. The number of esters is 1. The summed E-state index contributed by atoms with van der Waals surface area (Å²) in [5.74, 6) is 3.75. The minimum atomic E-state index is -0.365. The normalized spacial score (nSPS) is 39.1. The quantitative estimate of drug-likeness (QED) is 0.606. The molecule has 5 rings (SSSR count). The summed E-state index contributed by atoms with van der Waals surface area (Å²) in [6.07, 6.45) is 9.58. The number of aliphatic hydroxyl groups is 1. The Morgan fingerprint density at radius 2 is 1.94 bits per heavy atom. The number of carbonyl (C=O) groups excluding carboxylic acids is 1. The molecule has 182 valence electrons. The van der Waals surface area contributed by atoms with E-state index in [4.69, 9.17) is 14.2 Å². The lowest BCUT2D eigenvalue weighted by atomic mass is 9.70. The van der Waals surface area contributed by atoms with Gasteiger partial charge in [0.05, 0.1) is 18.8 Å². The number of aliphatic hydroxyl groups excluding tert-OH is 1. The maximum Gasteiger partial charge on any atom is 0.343 e. The van der Waals surface area contributed by atoms with Crippen molar-refractivity contribution in [3.05, 3.63) is 34.7 Å². The molecule has 0 aromatic carbocycles. The van der Waals surface area contributed by atoms with Crippen molar-refractivity contribution in [1.82, 2.24) is 4.90 Å². The van der Waals surface area contributed by atoms with Crippen LogP contribution in [0.5, 0.6) is 0 Å². The van der Waals surface area contributed by atoms with Gasteiger partial charge in [-0.05, 0) is 69.8 Å². The molecule has 3 fully saturated rings. The van der Waals surface area contributed by atoms with Crippen LogP contribution in [-0.4, -0.2) is 47.3 Å². The zero-order chi connectivity index (χ0) is 23.4. The third kappa shape index (κ3) is 3.74. The standard InChI is InChI=1S/C27H39NO5/c1-14(2)6-12-20(29)23-17-7-9-18-10-13-21-22(19(11-8-17)28(18)23)15(3)25(32-21)26-24(31-5)16(4)27(30)33-26/h13-15,17-20,22-23,29H,6-12H2,1-5H3/b26-25+/t15-,17+,18-,19-,20-,22+,23-/m0/s1. The SMILES string of the molecule is COC1=C(C)C(=O)O/C1=C1/OC2=CC[C@@H]3CC[C@@H]4CC[C@@H]([C@H]2[C@@H]1C)N3[C@@H]4[C@@H](O)CCC(C)C. The number of methoxy groups -OCH3 is 1. The Morgan fingerprint density at radius 1 is 1.18 bits per heavy atom. The molecule has 33 heavy (non-hydrogen) atoms. The molecule has 0 amide bonds. The van der Waals surface area contributed by atoms with Gasteiger partial charge in [-0.1, -0.05) is 20.8 Å². The van der Waals surface area contributed by atoms with Crippen LogP contribution in [0.25, 0.3) is 0 Å². The van der Waals surface area contributed by atoms with Gasteiger partial charge in [-0.3, -0.25) is 4.90 Å². The molecule has 0 unspecified atom stereocenters. The number of cyclic esters (lactones) is 1. The van der Waals surface area contributed by atoms with E-state index in [0.717, 1.165) is 37.9 Å². The van der Waals surface area contributed by atoms with E-state index >= 15 is 0 Å². The summed E-state index contributed by atoms with van der Waals surface area (Å²) in [5, 5.41) is 11.4. The largest absolute Gasteiger partial charge is 0.492 e. The van der Waals surface area contributed by atoms with E-state index in [-0.39, 0.29) is 30.0 Å². The number of rotatable bonds is 5. The molecule has 0 aliphatic carbocycles. The van der Waals surface area contributed by atoms with Gasteiger partial charge in [-0.15, -0.1) is 0 Å². The lowest BCUT2D eigenvalue weighted by molar-refractivity contribution is -0.133. The molecule has 7 atom stereocenters. The topological polar surface area (TPSA) is 68.2 Å². The van der Waals surface area contributed by atoms with Crippen molar-refractivity contribution in [3.63, 3.8) is 0 Å². The van der Waals surface area contributed by atoms with Gasteiger partial charge in [0, 0.05) is 30.0 Å². The van der Waals surface area contributed by atoms with Gasteiger partial charge >= 0.3 is 5.97 Å². The summed E-state index contributed by atoms with van der Waals surface area (Å²) in [7, 11) is 1.57. The fourth-order valence-corrected chi connectivity index (χ4v) is 7.14. The molecule has 0 radical (unpaired) electrons. The van der Waals surface area contributed by atoms with Crippen LogP contribution in [0.4, 0.5) is 0 Å². The molecular weight excluding hydrogens is 418 g/mol. The third-order valence-corrected chi connectivity index (χ3v) is 8.76. The summed E-state index contributed by atoms with van der Waals surface area (Å²) in [4.78, 5) is 14.9. The van der Waals surface area contributed by atoms with Crippen molar-refractivity contribution in [1.29, 1.82) is 0 Å². The Kier molecular flexibility index (Phi) is 6.11. The molecule has 0 spiro atoms. The van der Waals surface area contributed by atoms with Crippen LogP contribution in [0.3, 0.4) is 0 Å². The molecule has 6 heteroatoms. The van der Waals surface area contributed by atoms with E-state index in [9.17, 15) is 9.90 Å². The zero-order valence-electron chi connectivity index (χ0n) is 20.7. The highest BCUT2D eigenvalue weighted by molar-refractivity contribution is 5.93. The number of piperidine rings is 2. The predicted octanol–water partition coefficient (Wildman–Crippen LogP) is 4.65. The van der Waals surface area contributed by atoms with Gasteiger partial charge in [0.15, 0.2) is 11.5 Å². The minimum Gasteiger partial charge on any atom is -0.492 e. The average Bonchev–Trinajstić information content (AvgIpc) is 3.18. The molecule has 3 saturated heterocycles. The summed E-state index contributed by atoms with van der Waals surface area (Å²) in [5.41, 5.74) is 0.488. The highest BCUT2D eigenvalue weighted by Crippen LogP contribution is 2.53.